The number of unbranched alkanes of at least 4 members (excludes halogenated alkanes) is 4. The second kappa shape index (κ2) is 15.6. The third kappa shape index (κ3) is 9.83. The van der Waals surface area contributed by atoms with E-state index in [4.69, 9.17) is 9.47 Å². The zero-order valence-corrected chi connectivity index (χ0v) is 22.3. The Bertz CT molecular complexity index is 1080. The molecule has 3 rings (SSSR count). The van der Waals surface area contributed by atoms with Crippen molar-refractivity contribution < 1.29 is 14.3 Å². The van der Waals surface area contributed by atoms with Gasteiger partial charge in [0.25, 0.3) is 0 Å². The van der Waals surface area contributed by atoms with Gasteiger partial charge in [-0.05, 0) is 80.0 Å². The zero-order chi connectivity index (χ0) is 26.3. The third-order valence-corrected chi connectivity index (χ3v) is 6.60. The van der Waals surface area contributed by atoms with Crippen LogP contribution in [0.5, 0.6) is 11.6 Å². The van der Waals surface area contributed by atoms with E-state index in [-0.39, 0.29) is 5.88 Å². The second-order valence-electron chi connectivity index (χ2n) is 9.60. The number of carbonyl (C=O) groups is 1. The van der Waals surface area contributed by atoms with Crippen LogP contribution in [-0.4, -0.2) is 22.5 Å². The molecular weight excluding hydrogens is 460 g/mol. The van der Waals surface area contributed by atoms with Crippen molar-refractivity contribution in [3.8, 4) is 22.9 Å². The van der Waals surface area contributed by atoms with E-state index in [0.717, 1.165) is 55.9 Å². The van der Waals surface area contributed by atoms with Gasteiger partial charge in [-0.2, -0.15) is 0 Å². The van der Waals surface area contributed by atoms with Crippen LogP contribution < -0.4 is 9.47 Å². The smallest absolute Gasteiger partial charge is 0.344 e. The molecular formula is C32H40N2O3. The van der Waals surface area contributed by atoms with Crippen molar-refractivity contribution in [3.05, 3.63) is 84.7 Å². The second-order valence-corrected chi connectivity index (χ2v) is 9.60. The number of hydrogen-bond acceptors (Lipinski definition) is 5. The molecule has 0 fully saturated rings. The van der Waals surface area contributed by atoms with Gasteiger partial charge >= 0.3 is 5.97 Å². The number of aromatic nitrogens is 2. The molecule has 0 N–H and O–H groups in total. The monoisotopic (exact) mass is 500 g/mol. The zero-order valence-electron chi connectivity index (χ0n) is 22.3. The Morgan fingerprint density at radius 2 is 1.73 bits per heavy atom. The molecule has 37 heavy (non-hydrogen) atoms. The largest absolute Gasteiger partial charge is 0.494 e. The van der Waals surface area contributed by atoms with E-state index in [9.17, 15) is 4.79 Å². The Balaban J connectivity index is 1.43. The Hall–Kier alpha value is -3.47. The molecule has 2 aromatic carbocycles. The fourth-order valence-electron chi connectivity index (χ4n) is 3.98. The van der Waals surface area contributed by atoms with Crippen molar-refractivity contribution in [2.45, 2.75) is 71.6 Å². The van der Waals surface area contributed by atoms with Gasteiger partial charge in [-0.3, -0.25) is 0 Å². The minimum absolute atomic E-state index is 0.176. The highest BCUT2D eigenvalue weighted by atomic mass is 16.5. The molecule has 0 saturated carbocycles. The molecule has 1 unspecified atom stereocenters. The van der Waals surface area contributed by atoms with Gasteiger partial charge < -0.3 is 9.47 Å². The van der Waals surface area contributed by atoms with Crippen molar-refractivity contribution in [3.63, 3.8) is 0 Å². The van der Waals surface area contributed by atoms with Crippen LogP contribution in [-0.2, 0) is 6.42 Å². The molecule has 1 aromatic heterocycles. The van der Waals surface area contributed by atoms with Gasteiger partial charge in [-0.15, -0.1) is 6.58 Å². The number of ether oxygens (including phenoxy) is 2. The van der Waals surface area contributed by atoms with Gasteiger partial charge in [0.15, 0.2) is 0 Å². The minimum Gasteiger partial charge on any atom is -0.494 e. The average molecular weight is 501 g/mol. The molecule has 1 atom stereocenters. The molecule has 196 valence electrons. The van der Waals surface area contributed by atoms with Gasteiger partial charge in [0, 0.05) is 5.56 Å². The Morgan fingerprint density at radius 1 is 0.946 bits per heavy atom. The van der Waals surface area contributed by atoms with Crippen LogP contribution >= 0.6 is 0 Å². The summed E-state index contributed by atoms with van der Waals surface area (Å²) in [6.45, 7) is 9.05. The highest BCUT2D eigenvalue weighted by Gasteiger charge is 2.11. The van der Waals surface area contributed by atoms with Crippen molar-refractivity contribution in [2.24, 2.45) is 5.92 Å². The fraction of sp³-hybridized carbons (Fsp3) is 0.406. The Labute approximate surface area is 222 Å². The first-order valence-electron chi connectivity index (χ1n) is 13.6. The molecule has 1 heterocycles. The summed E-state index contributed by atoms with van der Waals surface area (Å²) in [4.78, 5) is 21.2. The number of rotatable bonds is 16. The average Bonchev–Trinajstić information content (AvgIpc) is 2.94. The lowest BCUT2D eigenvalue weighted by Gasteiger charge is -2.09. The summed E-state index contributed by atoms with van der Waals surface area (Å²) in [6, 6.07) is 15.4. The number of hydrogen-bond donors (Lipinski definition) is 0. The van der Waals surface area contributed by atoms with Crippen LogP contribution in [0.15, 0.2) is 73.6 Å². The molecule has 0 aliphatic heterocycles. The van der Waals surface area contributed by atoms with Crippen molar-refractivity contribution in [2.75, 3.05) is 6.61 Å². The fourth-order valence-corrected chi connectivity index (χ4v) is 3.98. The molecule has 0 saturated heterocycles. The third-order valence-electron chi connectivity index (χ3n) is 6.60. The number of aryl methyl sites for hydroxylation is 1. The molecule has 0 spiro atoms. The summed E-state index contributed by atoms with van der Waals surface area (Å²) in [5.74, 6) is 1.40. The summed E-state index contributed by atoms with van der Waals surface area (Å²) in [6.07, 6.45) is 15.4. The van der Waals surface area contributed by atoms with Gasteiger partial charge in [-0.25, -0.2) is 14.8 Å². The maximum absolute atomic E-state index is 12.5. The summed E-state index contributed by atoms with van der Waals surface area (Å²) >= 11 is 0. The number of esters is 1. The summed E-state index contributed by atoms with van der Waals surface area (Å²) < 4.78 is 11.3. The number of carbonyl (C=O) groups excluding carboxylic acids is 1. The highest BCUT2D eigenvalue weighted by molar-refractivity contribution is 5.90. The Morgan fingerprint density at radius 3 is 2.41 bits per heavy atom. The quantitative estimate of drug-likeness (QED) is 0.113. The van der Waals surface area contributed by atoms with Crippen molar-refractivity contribution in [1.82, 2.24) is 9.97 Å². The van der Waals surface area contributed by atoms with Crippen LogP contribution in [0.3, 0.4) is 0 Å². The lowest BCUT2D eigenvalue weighted by molar-refractivity contribution is 0.0727. The molecule has 5 nitrogen and oxygen atoms in total. The molecule has 0 aliphatic rings. The van der Waals surface area contributed by atoms with E-state index >= 15 is 0 Å². The summed E-state index contributed by atoms with van der Waals surface area (Å²) in [7, 11) is 0. The van der Waals surface area contributed by atoms with E-state index in [1.807, 2.05) is 42.5 Å². The van der Waals surface area contributed by atoms with E-state index < -0.39 is 5.97 Å². The molecule has 3 aromatic rings. The lowest BCUT2D eigenvalue weighted by Crippen LogP contribution is -2.09. The van der Waals surface area contributed by atoms with Gasteiger partial charge in [-0.1, -0.05) is 57.7 Å². The van der Waals surface area contributed by atoms with Crippen LogP contribution in [0, 0.1) is 5.92 Å². The molecule has 0 radical (unpaired) electrons. The van der Waals surface area contributed by atoms with Crippen LogP contribution in [0.1, 0.15) is 81.1 Å². The SMILES string of the molecule is C=CCCCCc1ccc(C(=O)Oc2cnc(-c3ccc(OCCCCCC(C)CC)cc3)cn2)cc1. The van der Waals surface area contributed by atoms with Crippen LogP contribution in [0.2, 0.25) is 0 Å². The van der Waals surface area contributed by atoms with Gasteiger partial charge in [0.05, 0.1) is 30.3 Å². The van der Waals surface area contributed by atoms with E-state index in [1.54, 1.807) is 18.3 Å². The number of allylic oxidation sites excluding steroid dienone is 1. The van der Waals surface area contributed by atoms with Crippen LogP contribution in [0.25, 0.3) is 11.3 Å². The minimum atomic E-state index is -0.443. The van der Waals surface area contributed by atoms with E-state index in [1.165, 1.54) is 37.4 Å². The van der Waals surface area contributed by atoms with Crippen molar-refractivity contribution in [1.29, 1.82) is 0 Å². The maximum atomic E-state index is 12.5. The van der Waals surface area contributed by atoms with Gasteiger partial charge in [0.2, 0.25) is 5.88 Å². The standard InChI is InChI=1S/C32H40N2O3/c1-4-6-7-10-13-26-14-16-28(17-15-26)32(35)37-31-24-33-30(23-34-31)27-18-20-29(21-19-27)36-22-11-8-9-12-25(3)5-2/h4,14-21,23-25H,1,5-13,22H2,2-3H3. The van der Waals surface area contributed by atoms with Crippen molar-refractivity contribution >= 4 is 5.97 Å². The van der Waals surface area contributed by atoms with E-state index in [2.05, 4.69) is 30.4 Å². The Kier molecular flexibility index (Phi) is 11.9. The topological polar surface area (TPSA) is 61.3 Å². The number of nitrogens with zero attached hydrogens (tertiary/aromatic N) is 2. The highest BCUT2D eigenvalue weighted by Crippen LogP contribution is 2.22. The molecule has 0 amide bonds. The van der Waals surface area contributed by atoms with Gasteiger partial charge in [0.1, 0.15) is 5.75 Å². The molecule has 0 bridgehead atoms. The predicted molar refractivity (Wildman–Crippen MR) is 150 cm³/mol. The normalized spacial score (nSPS) is 11.6. The maximum Gasteiger partial charge on any atom is 0.344 e. The summed E-state index contributed by atoms with van der Waals surface area (Å²) in [5.41, 5.74) is 3.33. The first-order chi connectivity index (χ1) is 18.1. The first-order valence-corrected chi connectivity index (χ1v) is 13.6. The summed E-state index contributed by atoms with van der Waals surface area (Å²) in [5, 5.41) is 0. The molecule has 5 heteroatoms. The van der Waals surface area contributed by atoms with E-state index in [0.29, 0.717) is 11.3 Å². The molecule has 0 aliphatic carbocycles. The number of benzene rings is 2. The first kappa shape index (κ1) is 28.1. The predicted octanol–water partition coefficient (Wildman–Crippen LogP) is 8.25. The van der Waals surface area contributed by atoms with Crippen LogP contribution in [0.4, 0.5) is 0 Å². The lowest BCUT2D eigenvalue weighted by atomic mass is 10.0.